The van der Waals surface area contributed by atoms with Gasteiger partial charge in [-0.3, -0.25) is 0 Å². The van der Waals surface area contributed by atoms with Crippen LogP contribution in [0.2, 0.25) is 0 Å². The lowest BCUT2D eigenvalue weighted by Gasteiger charge is -2.21. The van der Waals surface area contributed by atoms with Crippen molar-refractivity contribution >= 4 is 0 Å². The fourth-order valence-electron chi connectivity index (χ4n) is 1.98. The Kier molecular flexibility index (Phi) is 4.74. The fraction of sp³-hybridized carbons (Fsp3) is 0.667. The van der Waals surface area contributed by atoms with E-state index in [-0.39, 0.29) is 6.04 Å². The van der Waals surface area contributed by atoms with Crippen LogP contribution < -0.4 is 5.73 Å². The maximum absolute atomic E-state index is 6.20. The molecule has 14 heavy (non-hydrogen) atoms. The Morgan fingerprint density at radius 3 is 2.36 bits per heavy atom. The van der Waals surface area contributed by atoms with Gasteiger partial charge in [0.1, 0.15) is 0 Å². The third kappa shape index (κ3) is 2.88. The molecule has 0 radical (unpaired) electrons. The lowest BCUT2D eigenvalue weighted by atomic mass is 9.88. The zero-order chi connectivity index (χ0) is 10.4. The predicted octanol–water partition coefficient (Wildman–Crippen LogP) is 3.50. The first-order valence-electron chi connectivity index (χ1n) is 5.57. The number of rotatable bonds is 6. The van der Waals surface area contributed by atoms with Gasteiger partial charge in [0.05, 0.1) is 12.5 Å². The molecule has 0 spiro atoms. The number of hydrogen-bond donors (Lipinski definition) is 1. The second-order valence-electron chi connectivity index (χ2n) is 3.92. The average Bonchev–Trinajstić information content (AvgIpc) is 2.69. The second-order valence-corrected chi connectivity index (χ2v) is 3.92. The van der Waals surface area contributed by atoms with Gasteiger partial charge in [-0.2, -0.15) is 0 Å². The summed E-state index contributed by atoms with van der Waals surface area (Å²) in [6, 6.07) is 2.12. The monoisotopic (exact) mass is 195 g/mol. The summed E-state index contributed by atoms with van der Waals surface area (Å²) in [6.07, 6.45) is 8.29. The highest BCUT2D eigenvalue weighted by molar-refractivity contribution is 5.11. The van der Waals surface area contributed by atoms with Crippen molar-refractivity contribution in [1.29, 1.82) is 0 Å². The molecule has 2 heteroatoms. The molecule has 1 aromatic heterocycles. The zero-order valence-electron chi connectivity index (χ0n) is 9.20. The van der Waals surface area contributed by atoms with Gasteiger partial charge in [-0.15, -0.1) is 0 Å². The minimum Gasteiger partial charge on any atom is -0.472 e. The van der Waals surface area contributed by atoms with Crippen molar-refractivity contribution in [3.8, 4) is 0 Å². The van der Waals surface area contributed by atoms with E-state index < -0.39 is 0 Å². The summed E-state index contributed by atoms with van der Waals surface area (Å²) >= 11 is 0. The Bertz CT molecular complexity index is 224. The largest absolute Gasteiger partial charge is 0.472 e. The van der Waals surface area contributed by atoms with Crippen LogP contribution in [0.15, 0.2) is 23.0 Å². The first-order chi connectivity index (χ1) is 6.79. The SMILES string of the molecule is CCCC(CCC)C(N)c1ccoc1. The minimum atomic E-state index is 0.147. The van der Waals surface area contributed by atoms with Crippen LogP contribution in [-0.4, -0.2) is 0 Å². The minimum absolute atomic E-state index is 0.147. The lowest BCUT2D eigenvalue weighted by Crippen LogP contribution is -2.20. The van der Waals surface area contributed by atoms with E-state index in [2.05, 4.69) is 13.8 Å². The highest BCUT2D eigenvalue weighted by Gasteiger charge is 2.18. The molecular formula is C12H21NO. The molecule has 2 N–H and O–H groups in total. The van der Waals surface area contributed by atoms with E-state index in [0.717, 1.165) is 5.56 Å². The van der Waals surface area contributed by atoms with Crippen molar-refractivity contribution in [3.63, 3.8) is 0 Å². The summed E-state index contributed by atoms with van der Waals surface area (Å²) in [5, 5.41) is 0. The lowest BCUT2D eigenvalue weighted by molar-refractivity contribution is 0.366. The standard InChI is InChI=1S/C12H21NO/c1-3-5-10(6-4-2)12(13)11-7-8-14-9-11/h7-10,12H,3-6,13H2,1-2H3. The van der Waals surface area contributed by atoms with Gasteiger partial charge < -0.3 is 10.2 Å². The molecule has 0 aliphatic rings. The van der Waals surface area contributed by atoms with E-state index in [4.69, 9.17) is 10.2 Å². The van der Waals surface area contributed by atoms with Crippen molar-refractivity contribution in [3.05, 3.63) is 24.2 Å². The topological polar surface area (TPSA) is 39.2 Å². The van der Waals surface area contributed by atoms with Gasteiger partial charge in [0.25, 0.3) is 0 Å². The van der Waals surface area contributed by atoms with E-state index >= 15 is 0 Å². The van der Waals surface area contributed by atoms with Gasteiger partial charge in [0.15, 0.2) is 0 Å². The zero-order valence-corrected chi connectivity index (χ0v) is 9.20. The van der Waals surface area contributed by atoms with Crippen LogP contribution in [0.5, 0.6) is 0 Å². The summed E-state index contributed by atoms with van der Waals surface area (Å²) in [7, 11) is 0. The van der Waals surface area contributed by atoms with Crippen LogP contribution >= 0.6 is 0 Å². The van der Waals surface area contributed by atoms with Crippen LogP contribution in [-0.2, 0) is 0 Å². The number of nitrogens with two attached hydrogens (primary N) is 1. The van der Waals surface area contributed by atoms with E-state index in [1.165, 1.54) is 25.7 Å². The normalized spacial score (nSPS) is 13.4. The van der Waals surface area contributed by atoms with Gasteiger partial charge in [-0.05, 0) is 24.8 Å². The number of hydrogen-bond acceptors (Lipinski definition) is 2. The van der Waals surface area contributed by atoms with Crippen LogP contribution in [0.25, 0.3) is 0 Å². The average molecular weight is 195 g/mol. The molecule has 0 aliphatic heterocycles. The molecule has 1 atom stereocenters. The van der Waals surface area contributed by atoms with Crippen LogP contribution in [0.4, 0.5) is 0 Å². The molecule has 0 amide bonds. The Morgan fingerprint density at radius 1 is 1.29 bits per heavy atom. The van der Waals surface area contributed by atoms with Gasteiger partial charge in [-0.25, -0.2) is 0 Å². The summed E-state index contributed by atoms with van der Waals surface area (Å²) in [6.45, 7) is 4.43. The molecule has 1 unspecified atom stereocenters. The van der Waals surface area contributed by atoms with E-state index in [0.29, 0.717) is 5.92 Å². The Morgan fingerprint density at radius 2 is 1.93 bits per heavy atom. The Balaban J connectivity index is 2.58. The van der Waals surface area contributed by atoms with Gasteiger partial charge >= 0.3 is 0 Å². The maximum Gasteiger partial charge on any atom is 0.0950 e. The molecule has 1 rings (SSSR count). The Hall–Kier alpha value is -0.760. The van der Waals surface area contributed by atoms with Crippen molar-refractivity contribution in [1.82, 2.24) is 0 Å². The van der Waals surface area contributed by atoms with Crippen LogP contribution in [0.3, 0.4) is 0 Å². The highest BCUT2D eigenvalue weighted by Crippen LogP contribution is 2.27. The predicted molar refractivity (Wildman–Crippen MR) is 58.9 cm³/mol. The summed E-state index contributed by atoms with van der Waals surface area (Å²) in [4.78, 5) is 0. The molecule has 2 nitrogen and oxygen atoms in total. The van der Waals surface area contributed by atoms with Gasteiger partial charge in [-0.1, -0.05) is 26.7 Å². The van der Waals surface area contributed by atoms with E-state index in [9.17, 15) is 0 Å². The molecule has 80 valence electrons. The third-order valence-corrected chi connectivity index (χ3v) is 2.75. The second kappa shape index (κ2) is 5.86. The molecule has 0 aliphatic carbocycles. The van der Waals surface area contributed by atoms with Crippen molar-refractivity contribution in [2.45, 2.75) is 45.6 Å². The molecule has 0 fully saturated rings. The fourth-order valence-corrected chi connectivity index (χ4v) is 1.98. The van der Waals surface area contributed by atoms with E-state index in [1.54, 1.807) is 12.5 Å². The van der Waals surface area contributed by atoms with E-state index in [1.807, 2.05) is 6.07 Å². The first kappa shape index (κ1) is 11.3. The summed E-state index contributed by atoms with van der Waals surface area (Å²) < 4.78 is 5.06. The molecular weight excluding hydrogens is 174 g/mol. The summed E-state index contributed by atoms with van der Waals surface area (Å²) in [5.74, 6) is 0.600. The molecule has 0 saturated heterocycles. The van der Waals surface area contributed by atoms with Crippen molar-refractivity contribution in [2.24, 2.45) is 11.7 Å². The van der Waals surface area contributed by atoms with Crippen molar-refractivity contribution < 1.29 is 4.42 Å². The van der Waals surface area contributed by atoms with Crippen LogP contribution in [0.1, 0.15) is 51.1 Å². The molecule has 1 aromatic rings. The van der Waals surface area contributed by atoms with Gasteiger partial charge in [0.2, 0.25) is 0 Å². The smallest absolute Gasteiger partial charge is 0.0950 e. The van der Waals surface area contributed by atoms with Crippen LogP contribution in [0, 0.1) is 5.92 Å². The molecule has 0 aromatic carbocycles. The Labute approximate surface area is 86.5 Å². The summed E-state index contributed by atoms with van der Waals surface area (Å²) in [5.41, 5.74) is 7.33. The van der Waals surface area contributed by atoms with Gasteiger partial charge in [0, 0.05) is 11.6 Å². The molecule has 0 saturated carbocycles. The number of furan rings is 1. The quantitative estimate of drug-likeness (QED) is 0.754. The molecule has 1 heterocycles. The highest BCUT2D eigenvalue weighted by atomic mass is 16.3. The molecule has 0 bridgehead atoms. The first-order valence-corrected chi connectivity index (χ1v) is 5.57. The van der Waals surface area contributed by atoms with Crippen molar-refractivity contribution in [2.75, 3.05) is 0 Å². The maximum atomic E-state index is 6.20. The third-order valence-electron chi connectivity index (χ3n) is 2.75.